The highest BCUT2D eigenvalue weighted by Gasteiger charge is 2.33. The molecule has 1 fully saturated rings. The van der Waals surface area contributed by atoms with E-state index in [1.54, 1.807) is 41.9 Å². The Balaban J connectivity index is 1.34. The Morgan fingerprint density at radius 1 is 1.18 bits per heavy atom. The minimum Gasteiger partial charge on any atom is -0.493 e. The van der Waals surface area contributed by atoms with Crippen molar-refractivity contribution < 1.29 is 23.6 Å². The summed E-state index contributed by atoms with van der Waals surface area (Å²) in [5.41, 5.74) is 1.11. The van der Waals surface area contributed by atoms with Gasteiger partial charge in [0.15, 0.2) is 11.0 Å². The van der Waals surface area contributed by atoms with Crippen LogP contribution in [0, 0.1) is 5.92 Å². The van der Waals surface area contributed by atoms with Crippen LogP contribution >= 0.6 is 11.3 Å². The maximum Gasteiger partial charge on any atom is 0.257 e. The first-order valence-corrected chi connectivity index (χ1v) is 13.7. The van der Waals surface area contributed by atoms with Crippen LogP contribution in [0.1, 0.15) is 43.4 Å². The lowest BCUT2D eigenvalue weighted by molar-refractivity contribution is -0.133. The van der Waals surface area contributed by atoms with Crippen molar-refractivity contribution in [3.8, 4) is 28.7 Å². The number of hydrogen-bond donors (Lipinski definition) is 1. The molecule has 202 valence electrons. The minimum atomic E-state index is -0.346. The Hall–Kier alpha value is -4.25. The minimum absolute atomic E-state index is 0.0894. The number of nitrogens with one attached hydrogen (secondary N) is 1. The summed E-state index contributed by atoms with van der Waals surface area (Å²) in [6.07, 6.45) is 3.04. The number of amides is 2. The molecule has 1 aliphatic heterocycles. The van der Waals surface area contributed by atoms with Crippen molar-refractivity contribution in [1.82, 2.24) is 20.0 Å². The van der Waals surface area contributed by atoms with Gasteiger partial charge in [0.1, 0.15) is 17.2 Å². The number of carbonyl (C=O) groups is 2. The highest BCUT2D eigenvalue weighted by molar-refractivity contribution is 7.13. The predicted molar refractivity (Wildman–Crippen MR) is 146 cm³/mol. The molecule has 0 radical (unpaired) electrons. The summed E-state index contributed by atoms with van der Waals surface area (Å²) >= 11 is 1.32. The second-order valence-electron chi connectivity index (χ2n) is 9.40. The van der Waals surface area contributed by atoms with E-state index in [0.717, 1.165) is 12.0 Å². The third-order valence-corrected chi connectivity index (χ3v) is 7.03. The number of likely N-dealkylation sites (tertiary alicyclic amines) is 1. The zero-order chi connectivity index (χ0) is 27.4. The molecule has 1 unspecified atom stereocenters. The van der Waals surface area contributed by atoms with Crippen LogP contribution < -0.4 is 14.8 Å². The molecule has 4 aromatic rings. The maximum atomic E-state index is 13.0. The molecule has 1 atom stereocenters. The van der Waals surface area contributed by atoms with E-state index in [9.17, 15) is 9.59 Å². The molecule has 1 saturated heterocycles. The van der Waals surface area contributed by atoms with Gasteiger partial charge in [0.05, 0.1) is 12.5 Å². The van der Waals surface area contributed by atoms with Crippen molar-refractivity contribution in [3.63, 3.8) is 0 Å². The molecule has 0 bridgehead atoms. The van der Waals surface area contributed by atoms with Gasteiger partial charge >= 0.3 is 0 Å². The number of anilines is 1. The number of hydrogen-bond acceptors (Lipinski definition) is 9. The Kier molecular flexibility index (Phi) is 7.87. The summed E-state index contributed by atoms with van der Waals surface area (Å²) in [5.74, 6) is 1.99. The maximum absolute atomic E-state index is 13.0. The third kappa shape index (κ3) is 6.26. The average Bonchev–Trinajstić information content (AvgIpc) is 3.69. The molecular formula is C28H29N5O5S. The molecule has 2 aromatic heterocycles. The highest BCUT2D eigenvalue weighted by Crippen LogP contribution is 2.31. The lowest BCUT2D eigenvalue weighted by Gasteiger charge is -2.21. The van der Waals surface area contributed by atoms with Gasteiger partial charge in [-0.1, -0.05) is 12.1 Å². The molecule has 0 aliphatic carbocycles. The third-order valence-electron chi connectivity index (χ3n) is 6.34. The van der Waals surface area contributed by atoms with E-state index < -0.39 is 0 Å². The summed E-state index contributed by atoms with van der Waals surface area (Å²) in [6, 6.07) is 12.3. The Bertz CT molecular complexity index is 1440. The van der Waals surface area contributed by atoms with Crippen molar-refractivity contribution in [3.05, 3.63) is 65.4 Å². The summed E-state index contributed by atoms with van der Waals surface area (Å²) in [4.78, 5) is 36.0. The first kappa shape index (κ1) is 26.4. The van der Waals surface area contributed by atoms with Crippen molar-refractivity contribution in [2.75, 3.05) is 18.5 Å². The van der Waals surface area contributed by atoms with E-state index in [4.69, 9.17) is 14.0 Å². The first-order chi connectivity index (χ1) is 18.9. The molecule has 3 heterocycles. The van der Waals surface area contributed by atoms with Crippen LogP contribution in [0.5, 0.6) is 17.2 Å². The normalized spacial score (nSPS) is 15.1. The van der Waals surface area contributed by atoms with E-state index in [1.165, 1.54) is 11.3 Å². The van der Waals surface area contributed by atoms with E-state index >= 15 is 0 Å². The molecule has 39 heavy (non-hydrogen) atoms. The van der Waals surface area contributed by atoms with E-state index in [1.807, 2.05) is 37.8 Å². The molecule has 2 aromatic carbocycles. The highest BCUT2D eigenvalue weighted by atomic mass is 32.1. The molecular weight excluding hydrogens is 518 g/mol. The molecule has 10 nitrogen and oxygen atoms in total. The fraction of sp³-hybridized carbons (Fsp3) is 0.321. The zero-order valence-electron chi connectivity index (χ0n) is 21.9. The Labute approximate surface area is 230 Å². The van der Waals surface area contributed by atoms with Crippen LogP contribution in [0.3, 0.4) is 0 Å². The lowest BCUT2D eigenvalue weighted by Crippen LogP contribution is -2.34. The molecule has 5 rings (SSSR count). The SMILES string of the molecule is CCc1noc(-c2ccc(Oc3cc(OCC4CCN(C(C)C)C4=O)cc(C(=O)Nc4nccs4)c3)cc2)n1. The second kappa shape index (κ2) is 11.6. The molecule has 0 spiro atoms. The number of carbonyl (C=O) groups excluding carboxylic acids is 2. The van der Waals surface area contributed by atoms with Gasteiger partial charge in [-0.2, -0.15) is 4.98 Å². The van der Waals surface area contributed by atoms with Gasteiger partial charge in [0, 0.05) is 47.8 Å². The van der Waals surface area contributed by atoms with Crippen molar-refractivity contribution in [1.29, 1.82) is 0 Å². The van der Waals surface area contributed by atoms with Crippen LogP contribution in [0.4, 0.5) is 5.13 Å². The van der Waals surface area contributed by atoms with Gasteiger partial charge < -0.3 is 18.9 Å². The number of rotatable bonds is 10. The number of thiazole rings is 1. The van der Waals surface area contributed by atoms with Crippen LogP contribution in [0.25, 0.3) is 11.5 Å². The van der Waals surface area contributed by atoms with Crippen LogP contribution in [0.2, 0.25) is 0 Å². The lowest BCUT2D eigenvalue weighted by atomic mass is 10.1. The topological polar surface area (TPSA) is 120 Å². The van der Waals surface area contributed by atoms with Crippen LogP contribution in [-0.2, 0) is 11.2 Å². The van der Waals surface area contributed by atoms with Crippen molar-refractivity contribution in [2.24, 2.45) is 5.92 Å². The summed E-state index contributed by atoms with van der Waals surface area (Å²) < 4.78 is 17.4. The summed E-state index contributed by atoms with van der Waals surface area (Å²) in [6.45, 7) is 6.91. The number of ether oxygens (including phenoxy) is 2. The molecule has 1 N–H and O–H groups in total. The van der Waals surface area contributed by atoms with Crippen molar-refractivity contribution >= 4 is 28.3 Å². The average molecular weight is 548 g/mol. The summed E-state index contributed by atoms with van der Waals surface area (Å²) in [7, 11) is 0. The van der Waals surface area contributed by atoms with Gasteiger partial charge in [-0.25, -0.2) is 4.98 Å². The number of aromatic nitrogens is 3. The van der Waals surface area contributed by atoms with Gasteiger partial charge in [-0.15, -0.1) is 11.3 Å². The molecule has 0 saturated carbocycles. The second-order valence-corrected chi connectivity index (χ2v) is 10.3. The van der Waals surface area contributed by atoms with Crippen LogP contribution in [-0.4, -0.2) is 51.0 Å². The quantitative estimate of drug-likeness (QED) is 0.279. The summed E-state index contributed by atoms with van der Waals surface area (Å²) in [5, 5.41) is 8.98. The van der Waals surface area contributed by atoms with Crippen molar-refractivity contribution in [2.45, 2.75) is 39.7 Å². The van der Waals surface area contributed by atoms with E-state index in [0.29, 0.717) is 52.6 Å². The predicted octanol–water partition coefficient (Wildman–Crippen LogP) is 5.44. The van der Waals surface area contributed by atoms with Gasteiger partial charge in [-0.3, -0.25) is 14.9 Å². The van der Waals surface area contributed by atoms with E-state index in [2.05, 4.69) is 20.4 Å². The standard InChI is InChI=1S/C28H29N5O5S/c1-4-24-30-26(38-32-24)18-5-7-21(8-6-18)37-23-14-20(25(34)31-28-29-10-12-39-28)13-22(15-23)36-16-19-9-11-33(17(2)3)27(19)35/h5-8,10,12-15,17,19H,4,9,11,16H2,1-3H3,(H,29,31,34). The fourth-order valence-electron chi connectivity index (χ4n) is 4.24. The number of nitrogens with zero attached hydrogens (tertiary/aromatic N) is 4. The van der Waals surface area contributed by atoms with Gasteiger partial charge in [0.2, 0.25) is 5.91 Å². The molecule has 1 aliphatic rings. The molecule has 11 heteroatoms. The van der Waals surface area contributed by atoms with Gasteiger partial charge in [0.25, 0.3) is 11.8 Å². The smallest absolute Gasteiger partial charge is 0.257 e. The Morgan fingerprint density at radius 3 is 2.64 bits per heavy atom. The first-order valence-electron chi connectivity index (χ1n) is 12.8. The van der Waals surface area contributed by atoms with Gasteiger partial charge in [-0.05, 0) is 56.7 Å². The number of benzene rings is 2. The zero-order valence-corrected chi connectivity index (χ0v) is 22.7. The molecule has 2 amide bonds. The fourth-order valence-corrected chi connectivity index (χ4v) is 4.77. The number of aryl methyl sites for hydroxylation is 1. The van der Waals surface area contributed by atoms with E-state index in [-0.39, 0.29) is 30.4 Å². The largest absolute Gasteiger partial charge is 0.493 e. The van der Waals surface area contributed by atoms with Crippen LogP contribution in [0.15, 0.2) is 58.6 Å². The Morgan fingerprint density at radius 2 is 1.97 bits per heavy atom. The monoisotopic (exact) mass is 547 g/mol.